The molecule has 4 aromatic carbocycles. The molecular weight excluding hydrogens is 713 g/mol. The molecule has 0 aliphatic carbocycles. The highest BCUT2D eigenvalue weighted by Crippen LogP contribution is 2.36. The van der Waals surface area contributed by atoms with E-state index in [2.05, 4.69) is 169 Å². The SMILES string of the molecule is C=C(CC1=C(c2ccc(CC)cc2)C(c2ccc(CC)cc2)=NC1)NC(C)(C)CC(C)NSC(=C)CC1=C(c2ccc(CC)cc2)C(c2ccc(CC)cc2)=NC1. The Kier molecular flexibility index (Phi) is 14.1. The fourth-order valence-corrected chi connectivity index (χ4v) is 8.85. The smallest absolute Gasteiger partial charge is 0.0729 e. The van der Waals surface area contributed by atoms with Gasteiger partial charge in [0, 0.05) is 52.4 Å². The molecule has 1 unspecified atom stereocenters. The first-order valence-electron chi connectivity index (χ1n) is 21.0. The molecular formula is C52H62N4S. The van der Waals surface area contributed by atoms with Crippen molar-refractivity contribution in [2.24, 2.45) is 9.98 Å². The monoisotopic (exact) mass is 774 g/mol. The van der Waals surface area contributed by atoms with Gasteiger partial charge in [-0.25, -0.2) is 0 Å². The van der Waals surface area contributed by atoms with E-state index in [1.165, 1.54) is 66.8 Å². The Morgan fingerprint density at radius 3 is 1.35 bits per heavy atom. The van der Waals surface area contributed by atoms with E-state index in [0.29, 0.717) is 13.1 Å². The lowest BCUT2D eigenvalue weighted by atomic mass is 9.90. The van der Waals surface area contributed by atoms with Gasteiger partial charge in [-0.3, -0.25) is 14.7 Å². The van der Waals surface area contributed by atoms with Crippen molar-refractivity contribution in [3.8, 4) is 0 Å². The molecule has 4 aromatic rings. The second-order valence-electron chi connectivity index (χ2n) is 16.3. The molecule has 5 heteroatoms. The van der Waals surface area contributed by atoms with Crippen LogP contribution in [0.15, 0.2) is 142 Å². The second-order valence-corrected chi connectivity index (χ2v) is 17.3. The molecule has 0 saturated heterocycles. The van der Waals surface area contributed by atoms with E-state index < -0.39 is 0 Å². The highest BCUT2D eigenvalue weighted by atomic mass is 32.2. The number of aliphatic imine (C=N–C) groups is 2. The molecule has 296 valence electrons. The van der Waals surface area contributed by atoms with Crippen LogP contribution in [0.4, 0.5) is 0 Å². The largest absolute Gasteiger partial charge is 0.384 e. The predicted molar refractivity (Wildman–Crippen MR) is 249 cm³/mol. The Bertz CT molecular complexity index is 2160. The molecule has 1 atom stereocenters. The summed E-state index contributed by atoms with van der Waals surface area (Å²) in [7, 11) is 0. The average molecular weight is 775 g/mol. The molecule has 0 amide bonds. The molecule has 2 N–H and O–H groups in total. The molecule has 2 heterocycles. The van der Waals surface area contributed by atoms with Crippen molar-refractivity contribution in [1.82, 2.24) is 10.0 Å². The van der Waals surface area contributed by atoms with Crippen molar-refractivity contribution in [1.29, 1.82) is 0 Å². The zero-order valence-electron chi connectivity index (χ0n) is 35.4. The van der Waals surface area contributed by atoms with E-state index in [-0.39, 0.29) is 11.6 Å². The Balaban J connectivity index is 1.09. The van der Waals surface area contributed by atoms with Crippen LogP contribution in [0.3, 0.4) is 0 Å². The van der Waals surface area contributed by atoms with Gasteiger partial charge in [0.25, 0.3) is 0 Å². The van der Waals surface area contributed by atoms with Gasteiger partial charge < -0.3 is 5.32 Å². The number of nitrogens with one attached hydrogen (secondary N) is 2. The van der Waals surface area contributed by atoms with Gasteiger partial charge in [-0.05, 0) is 114 Å². The first-order chi connectivity index (χ1) is 27.5. The Hall–Kier alpha value is -4.71. The molecule has 0 radical (unpaired) electrons. The molecule has 0 spiro atoms. The van der Waals surface area contributed by atoms with Crippen LogP contribution in [0.25, 0.3) is 11.1 Å². The number of benzene rings is 4. The molecule has 4 nitrogen and oxygen atoms in total. The number of rotatable bonds is 19. The van der Waals surface area contributed by atoms with Gasteiger partial charge in [0.15, 0.2) is 0 Å². The fraction of sp³-hybridized carbons (Fsp3) is 0.346. The highest BCUT2D eigenvalue weighted by molar-refractivity contribution is 8.01. The van der Waals surface area contributed by atoms with Crippen LogP contribution in [-0.2, 0) is 25.7 Å². The summed E-state index contributed by atoms with van der Waals surface area (Å²) in [6.45, 7) is 26.0. The van der Waals surface area contributed by atoms with Crippen LogP contribution in [0.5, 0.6) is 0 Å². The quantitative estimate of drug-likeness (QED) is 0.0933. The summed E-state index contributed by atoms with van der Waals surface area (Å²) < 4.78 is 3.71. The molecule has 0 saturated carbocycles. The van der Waals surface area contributed by atoms with E-state index in [1.807, 2.05) is 0 Å². The topological polar surface area (TPSA) is 48.8 Å². The van der Waals surface area contributed by atoms with E-state index in [4.69, 9.17) is 9.98 Å². The molecule has 0 bridgehead atoms. The van der Waals surface area contributed by atoms with Crippen LogP contribution < -0.4 is 10.0 Å². The van der Waals surface area contributed by atoms with Crippen molar-refractivity contribution in [3.63, 3.8) is 0 Å². The molecule has 2 aliphatic heterocycles. The third-order valence-electron chi connectivity index (χ3n) is 11.2. The third kappa shape index (κ3) is 10.6. The fourth-order valence-electron chi connectivity index (χ4n) is 8.15. The van der Waals surface area contributed by atoms with Crippen LogP contribution in [0, 0.1) is 0 Å². The third-order valence-corrected chi connectivity index (χ3v) is 12.1. The van der Waals surface area contributed by atoms with Gasteiger partial charge in [0.1, 0.15) is 0 Å². The Morgan fingerprint density at radius 1 is 0.596 bits per heavy atom. The van der Waals surface area contributed by atoms with Gasteiger partial charge in [-0.15, -0.1) is 0 Å². The maximum Gasteiger partial charge on any atom is 0.0729 e. The molecule has 0 aromatic heterocycles. The summed E-state index contributed by atoms with van der Waals surface area (Å²) in [6.07, 6.45) is 6.58. The standard InChI is InChI=1S/C52H62N4S/c1-10-38-14-22-42(23-15-38)48-46(33-53-50(48)44-26-18-40(12-3)19-27-44)30-35(5)55-52(8,9)32-36(6)56-57-37(7)31-47-34-54-51(45-28-20-41(13-4)21-29-45)49(47)43-24-16-39(11-2)17-25-43/h14-29,36,55-56H,5,7,10-13,30-34H2,1-4,6,8-9H3. The normalized spacial score (nSPS) is 14.9. The van der Waals surface area contributed by atoms with Crippen molar-refractivity contribution in [3.05, 3.63) is 176 Å². The first kappa shape index (κ1) is 41.9. The van der Waals surface area contributed by atoms with E-state index in [0.717, 1.165) is 67.0 Å². The maximum absolute atomic E-state index is 5.12. The summed E-state index contributed by atoms with van der Waals surface area (Å²) in [4.78, 5) is 11.3. The minimum Gasteiger partial charge on any atom is -0.384 e. The average Bonchev–Trinajstić information content (AvgIpc) is 3.83. The second kappa shape index (κ2) is 19.2. The summed E-state index contributed by atoms with van der Waals surface area (Å²) in [6, 6.07) is 36.1. The Labute approximate surface area is 347 Å². The number of hydrogen-bond acceptors (Lipinski definition) is 5. The van der Waals surface area contributed by atoms with Crippen molar-refractivity contribution < 1.29 is 0 Å². The molecule has 57 heavy (non-hydrogen) atoms. The van der Waals surface area contributed by atoms with Gasteiger partial charge in [-0.2, -0.15) is 0 Å². The zero-order chi connectivity index (χ0) is 40.5. The zero-order valence-corrected chi connectivity index (χ0v) is 36.2. The molecule has 0 fully saturated rings. The first-order valence-corrected chi connectivity index (χ1v) is 21.8. The van der Waals surface area contributed by atoms with Crippen molar-refractivity contribution in [2.45, 2.75) is 105 Å². The lowest BCUT2D eigenvalue weighted by molar-refractivity contribution is 0.361. The van der Waals surface area contributed by atoms with E-state index in [9.17, 15) is 0 Å². The number of allylic oxidation sites excluding steroid dienone is 4. The summed E-state index contributed by atoms with van der Waals surface area (Å²) in [5.74, 6) is 0. The lowest BCUT2D eigenvalue weighted by Crippen LogP contribution is -2.43. The Morgan fingerprint density at radius 2 is 0.965 bits per heavy atom. The highest BCUT2D eigenvalue weighted by Gasteiger charge is 2.27. The van der Waals surface area contributed by atoms with Gasteiger partial charge in [-0.1, -0.05) is 138 Å². The molecule has 2 aliphatic rings. The lowest BCUT2D eigenvalue weighted by Gasteiger charge is -2.32. The number of hydrogen-bond donors (Lipinski definition) is 2. The summed E-state index contributed by atoms with van der Waals surface area (Å²) in [5, 5.41) is 3.81. The van der Waals surface area contributed by atoms with Crippen LogP contribution in [0.1, 0.15) is 112 Å². The van der Waals surface area contributed by atoms with Crippen LogP contribution in [-0.4, -0.2) is 36.1 Å². The van der Waals surface area contributed by atoms with Crippen molar-refractivity contribution >= 4 is 34.5 Å². The minimum atomic E-state index is -0.172. The predicted octanol–water partition coefficient (Wildman–Crippen LogP) is 12.3. The summed E-state index contributed by atoms with van der Waals surface area (Å²) in [5.41, 5.74) is 18.3. The van der Waals surface area contributed by atoms with Crippen LogP contribution >= 0.6 is 11.9 Å². The summed E-state index contributed by atoms with van der Waals surface area (Å²) >= 11 is 1.66. The minimum absolute atomic E-state index is 0.172. The van der Waals surface area contributed by atoms with E-state index in [1.54, 1.807) is 11.9 Å². The van der Waals surface area contributed by atoms with Gasteiger partial charge in [0.05, 0.1) is 24.5 Å². The van der Waals surface area contributed by atoms with Gasteiger partial charge >= 0.3 is 0 Å². The number of nitrogens with zero attached hydrogens (tertiary/aromatic N) is 2. The van der Waals surface area contributed by atoms with Crippen molar-refractivity contribution in [2.75, 3.05) is 13.1 Å². The van der Waals surface area contributed by atoms with Crippen LogP contribution in [0.2, 0.25) is 0 Å². The van der Waals surface area contributed by atoms with Gasteiger partial charge in [0.2, 0.25) is 0 Å². The molecule has 6 rings (SSSR count). The maximum atomic E-state index is 5.12. The van der Waals surface area contributed by atoms with E-state index >= 15 is 0 Å². The number of aryl methyl sites for hydroxylation is 4.